The number of aryl methyl sites for hydroxylation is 1. The Bertz CT molecular complexity index is 378. The Kier molecular flexibility index (Phi) is 6.29. The Morgan fingerprint density at radius 1 is 1.37 bits per heavy atom. The highest BCUT2D eigenvalue weighted by Gasteiger charge is 2.27. The van der Waals surface area contributed by atoms with Gasteiger partial charge in [0.2, 0.25) is 0 Å². The van der Waals surface area contributed by atoms with Gasteiger partial charge in [-0.2, -0.15) is 13.2 Å². The van der Waals surface area contributed by atoms with Crippen LogP contribution in [0.3, 0.4) is 0 Å². The Morgan fingerprint density at radius 2 is 2.05 bits per heavy atom. The van der Waals surface area contributed by atoms with Gasteiger partial charge in [0.05, 0.1) is 0 Å². The van der Waals surface area contributed by atoms with E-state index in [1.807, 2.05) is 26.0 Å². The molecule has 2 nitrogen and oxygen atoms in total. The largest absolute Gasteiger partial charge is 0.389 e. The molecule has 0 aliphatic heterocycles. The van der Waals surface area contributed by atoms with Gasteiger partial charge in [-0.05, 0) is 31.9 Å². The minimum atomic E-state index is -4.12. The van der Waals surface area contributed by atoms with Gasteiger partial charge >= 0.3 is 6.18 Å². The molecule has 0 aliphatic carbocycles. The van der Waals surface area contributed by atoms with Gasteiger partial charge in [-0.1, -0.05) is 6.92 Å². The maximum absolute atomic E-state index is 12.1. The van der Waals surface area contributed by atoms with E-state index in [1.165, 1.54) is 0 Å². The lowest BCUT2D eigenvalue weighted by Gasteiger charge is -2.22. The third kappa shape index (κ3) is 5.93. The number of hydrogen-bond acceptors (Lipinski definition) is 3. The summed E-state index contributed by atoms with van der Waals surface area (Å²) >= 11 is 1.58. The fraction of sp³-hybridized carbons (Fsp3) is 0.692. The van der Waals surface area contributed by atoms with Crippen LogP contribution in [0.2, 0.25) is 0 Å². The highest BCUT2D eigenvalue weighted by atomic mass is 32.1. The van der Waals surface area contributed by atoms with Gasteiger partial charge in [-0.15, -0.1) is 11.3 Å². The molecular formula is C13H20F3NOS. The smallest absolute Gasteiger partial charge is 0.371 e. The number of halogens is 3. The van der Waals surface area contributed by atoms with Crippen molar-refractivity contribution in [1.29, 1.82) is 0 Å². The molecule has 1 aromatic heterocycles. The standard InChI is InChI=1S/C13H20F3NOS/c1-3-10(17)12(11-6-5-9(2)19-11)18-8-4-7-13(14,15)16/h5-6,10,12H,3-4,7-8,17H2,1-2H3. The van der Waals surface area contributed by atoms with Crippen molar-refractivity contribution < 1.29 is 17.9 Å². The highest BCUT2D eigenvalue weighted by molar-refractivity contribution is 7.12. The number of ether oxygens (including phenoxy) is 1. The van der Waals surface area contributed by atoms with Crippen molar-refractivity contribution in [3.8, 4) is 0 Å². The van der Waals surface area contributed by atoms with Crippen LogP contribution in [-0.4, -0.2) is 18.8 Å². The first-order valence-corrected chi connectivity index (χ1v) is 7.15. The first-order chi connectivity index (χ1) is 8.83. The van der Waals surface area contributed by atoms with E-state index in [9.17, 15) is 13.2 Å². The topological polar surface area (TPSA) is 35.2 Å². The molecule has 1 aromatic rings. The predicted octanol–water partition coefficient (Wildman–Crippen LogP) is 4.19. The second kappa shape index (κ2) is 7.26. The van der Waals surface area contributed by atoms with Crippen LogP contribution >= 0.6 is 11.3 Å². The van der Waals surface area contributed by atoms with Crippen molar-refractivity contribution in [2.45, 2.75) is 51.4 Å². The van der Waals surface area contributed by atoms with Gasteiger partial charge in [0, 0.05) is 28.8 Å². The number of nitrogens with two attached hydrogens (primary N) is 1. The van der Waals surface area contributed by atoms with E-state index in [0.29, 0.717) is 0 Å². The van der Waals surface area contributed by atoms with E-state index in [1.54, 1.807) is 11.3 Å². The molecule has 0 spiro atoms. The Balaban J connectivity index is 2.52. The molecule has 1 rings (SSSR count). The van der Waals surface area contributed by atoms with Crippen LogP contribution < -0.4 is 5.73 Å². The molecule has 0 amide bonds. The summed E-state index contributed by atoms with van der Waals surface area (Å²) in [7, 11) is 0. The molecule has 0 aliphatic rings. The van der Waals surface area contributed by atoms with Gasteiger partial charge in [0.25, 0.3) is 0 Å². The van der Waals surface area contributed by atoms with Crippen molar-refractivity contribution >= 4 is 11.3 Å². The van der Waals surface area contributed by atoms with Gasteiger partial charge in [-0.3, -0.25) is 0 Å². The molecule has 0 fully saturated rings. The van der Waals surface area contributed by atoms with Gasteiger partial charge < -0.3 is 10.5 Å². The molecule has 2 unspecified atom stereocenters. The summed E-state index contributed by atoms with van der Waals surface area (Å²) in [5.74, 6) is 0. The number of rotatable bonds is 7. The fourth-order valence-electron chi connectivity index (χ4n) is 1.72. The third-order valence-corrected chi connectivity index (χ3v) is 3.87. The van der Waals surface area contributed by atoms with E-state index in [-0.39, 0.29) is 25.2 Å². The maximum Gasteiger partial charge on any atom is 0.389 e. The summed E-state index contributed by atoms with van der Waals surface area (Å²) < 4.78 is 41.7. The van der Waals surface area contributed by atoms with E-state index >= 15 is 0 Å². The van der Waals surface area contributed by atoms with Crippen molar-refractivity contribution in [3.05, 3.63) is 21.9 Å². The van der Waals surface area contributed by atoms with Crippen LogP contribution in [0, 0.1) is 6.92 Å². The van der Waals surface area contributed by atoms with Crippen LogP contribution in [0.15, 0.2) is 12.1 Å². The number of alkyl halides is 3. The zero-order valence-electron chi connectivity index (χ0n) is 11.2. The molecule has 110 valence electrons. The van der Waals surface area contributed by atoms with E-state index in [2.05, 4.69) is 0 Å². The minimum Gasteiger partial charge on any atom is -0.371 e. The second-order valence-corrected chi connectivity index (χ2v) is 5.85. The number of hydrogen-bond donors (Lipinski definition) is 1. The van der Waals surface area contributed by atoms with Crippen LogP contribution in [0.5, 0.6) is 0 Å². The molecule has 0 bridgehead atoms. The lowest BCUT2D eigenvalue weighted by atomic mass is 10.1. The Hall–Kier alpha value is -0.590. The van der Waals surface area contributed by atoms with E-state index < -0.39 is 12.6 Å². The predicted molar refractivity (Wildman–Crippen MR) is 71.3 cm³/mol. The van der Waals surface area contributed by atoms with Crippen LogP contribution in [0.1, 0.15) is 42.0 Å². The molecule has 0 saturated heterocycles. The first-order valence-electron chi connectivity index (χ1n) is 6.33. The summed E-state index contributed by atoms with van der Waals surface area (Å²) in [6.07, 6.45) is -4.55. The monoisotopic (exact) mass is 295 g/mol. The average Bonchev–Trinajstić information content (AvgIpc) is 2.73. The lowest BCUT2D eigenvalue weighted by molar-refractivity contribution is -0.139. The van der Waals surface area contributed by atoms with Crippen LogP contribution in [0.4, 0.5) is 13.2 Å². The van der Waals surface area contributed by atoms with Gasteiger partial charge in [0.15, 0.2) is 0 Å². The quantitative estimate of drug-likeness (QED) is 0.765. The summed E-state index contributed by atoms with van der Waals surface area (Å²) in [6, 6.07) is 3.71. The normalized spacial score (nSPS) is 15.5. The molecule has 0 aromatic carbocycles. The van der Waals surface area contributed by atoms with Crippen molar-refractivity contribution in [3.63, 3.8) is 0 Å². The van der Waals surface area contributed by atoms with Gasteiger partial charge in [-0.25, -0.2) is 0 Å². The van der Waals surface area contributed by atoms with Gasteiger partial charge in [0.1, 0.15) is 6.10 Å². The molecule has 6 heteroatoms. The molecule has 2 atom stereocenters. The molecule has 2 N–H and O–H groups in total. The maximum atomic E-state index is 12.1. The summed E-state index contributed by atoms with van der Waals surface area (Å²) in [5.41, 5.74) is 5.99. The first kappa shape index (κ1) is 16.5. The van der Waals surface area contributed by atoms with E-state index in [0.717, 1.165) is 16.2 Å². The lowest BCUT2D eigenvalue weighted by Crippen LogP contribution is -2.29. The zero-order chi connectivity index (χ0) is 14.5. The molecule has 0 saturated carbocycles. The van der Waals surface area contributed by atoms with Crippen molar-refractivity contribution in [2.75, 3.05) is 6.61 Å². The summed E-state index contributed by atoms with van der Waals surface area (Å²) in [4.78, 5) is 2.13. The Morgan fingerprint density at radius 3 is 2.53 bits per heavy atom. The second-order valence-electron chi connectivity index (χ2n) is 4.53. The summed E-state index contributed by atoms with van der Waals surface area (Å²) in [6.45, 7) is 4.00. The van der Waals surface area contributed by atoms with E-state index in [4.69, 9.17) is 10.5 Å². The summed E-state index contributed by atoms with van der Waals surface area (Å²) in [5, 5.41) is 0. The highest BCUT2D eigenvalue weighted by Crippen LogP contribution is 2.29. The fourth-order valence-corrected chi connectivity index (χ4v) is 2.72. The van der Waals surface area contributed by atoms with Crippen LogP contribution in [-0.2, 0) is 4.74 Å². The van der Waals surface area contributed by atoms with Crippen molar-refractivity contribution in [2.24, 2.45) is 5.73 Å². The SMILES string of the molecule is CCC(N)C(OCCCC(F)(F)F)c1ccc(C)s1. The minimum absolute atomic E-state index is 0.0270. The zero-order valence-corrected chi connectivity index (χ0v) is 12.0. The molecule has 19 heavy (non-hydrogen) atoms. The molecule has 1 heterocycles. The Labute approximate surface area is 115 Å². The van der Waals surface area contributed by atoms with Crippen LogP contribution in [0.25, 0.3) is 0 Å². The third-order valence-electron chi connectivity index (χ3n) is 2.80. The molecule has 0 radical (unpaired) electrons. The van der Waals surface area contributed by atoms with Crippen molar-refractivity contribution in [1.82, 2.24) is 0 Å². The average molecular weight is 295 g/mol. The number of thiophene rings is 1. The molecular weight excluding hydrogens is 275 g/mol.